The first-order valence-electron chi connectivity index (χ1n) is 8.29. The minimum absolute atomic E-state index is 0.315. The van der Waals surface area contributed by atoms with Crippen molar-refractivity contribution in [3.63, 3.8) is 0 Å². The molecule has 0 spiro atoms. The summed E-state index contributed by atoms with van der Waals surface area (Å²) >= 11 is 0. The van der Waals surface area contributed by atoms with Crippen LogP contribution in [0.4, 0.5) is 14.5 Å². The SMILES string of the molecule is CCOc1ccc(NC(=NC)NCCc2cc(F)ccc2F)cc1OC. The highest BCUT2D eigenvalue weighted by Crippen LogP contribution is 2.30. The maximum absolute atomic E-state index is 13.6. The number of hydrogen-bond acceptors (Lipinski definition) is 3. The van der Waals surface area contributed by atoms with Crippen LogP contribution in [-0.4, -0.2) is 33.3 Å². The molecule has 0 aliphatic carbocycles. The molecule has 0 fully saturated rings. The number of aliphatic imine (C=N–C) groups is 1. The number of methoxy groups -OCH3 is 1. The topological polar surface area (TPSA) is 54.9 Å². The molecule has 0 aliphatic heterocycles. The third-order valence-corrected chi connectivity index (χ3v) is 3.64. The summed E-state index contributed by atoms with van der Waals surface area (Å²) in [4.78, 5) is 4.12. The van der Waals surface area contributed by atoms with Gasteiger partial charge in [0.2, 0.25) is 0 Å². The molecular formula is C19H23F2N3O2. The Morgan fingerprint density at radius 1 is 1.12 bits per heavy atom. The van der Waals surface area contributed by atoms with E-state index in [1.54, 1.807) is 26.3 Å². The van der Waals surface area contributed by atoms with Crippen LogP contribution >= 0.6 is 0 Å². The van der Waals surface area contributed by atoms with Crippen molar-refractivity contribution in [2.75, 3.05) is 32.6 Å². The molecule has 0 aliphatic rings. The predicted octanol–water partition coefficient (Wildman–Crippen LogP) is 3.60. The number of hydrogen-bond donors (Lipinski definition) is 2. The number of nitrogens with zero attached hydrogens (tertiary/aromatic N) is 1. The molecule has 0 amide bonds. The summed E-state index contributed by atoms with van der Waals surface area (Å²) in [5, 5.41) is 6.19. The van der Waals surface area contributed by atoms with E-state index in [2.05, 4.69) is 15.6 Å². The number of guanidine groups is 1. The van der Waals surface area contributed by atoms with Gasteiger partial charge >= 0.3 is 0 Å². The number of anilines is 1. The minimum Gasteiger partial charge on any atom is -0.493 e. The van der Waals surface area contributed by atoms with E-state index < -0.39 is 11.6 Å². The van der Waals surface area contributed by atoms with Crippen LogP contribution < -0.4 is 20.1 Å². The van der Waals surface area contributed by atoms with Gasteiger partial charge in [0.1, 0.15) is 11.6 Å². The summed E-state index contributed by atoms with van der Waals surface area (Å²) < 4.78 is 37.6. The lowest BCUT2D eigenvalue weighted by molar-refractivity contribution is 0.311. The second-order valence-corrected chi connectivity index (χ2v) is 5.41. The fourth-order valence-corrected chi connectivity index (χ4v) is 2.39. The number of nitrogens with one attached hydrogen (secondary N) is 2. The molecule has 26 heavy (non-hydrogen) atoms. The van der Waals surface area contributed by atoms with Gasteiger partial charge in [-0.3, -0.25) is 4.99 Å². The van der Waals surface area contributed by atoms with Gasteiger partial charge < -0.3 is 20.1 Å². The molecule has 0 unspecified atom stereocenters. The summed E-state index contributed by atoms with van der Waals surface area (Å²) in [6.07, 6.45) is 0.330. The second kappa shape index (κ2) is 9.60. The normalized spacial score (nSPS) is 11.2. The summed E-state index contributed by atoms with van der Waals surface area (Å²) in [6.45, 7) is 2.84. The van der Waals surface area contributed by atoms with Gasteiger partial charge in [0, 0.05) is 25.3 Å². The fraction of sp³-hybridized carbons (Fsp3) is 0.316. The first-order valence-corrected chi connectivity index (χ1v) is 8.29. The third-order valence-electron chi connectivity index (χ3n) is 3.64. The van der Waals surface area contributed by atoms with Crippen LogP contribution in [0.15, 0.2) is 41.4 Å². The quantitative estimate of drug-likeness (QED) is 0.583. The average Bonchev–Trinajstić information content (AvgIpc) is 2.64. The standard InChI is InChI=1S/C19H23F2N3O2/c1-4-26-17-8-6-15(12-18(17)25-3)24-19(22-2)23-10-9-13-11-14(20)5-7-16(13)21/h5-8,11-12H,4,9-10H2,1-3H3,(H2,22,23,24). The van der Waals surface area contributed by atoms with Crippen LogP contribution in [-0.2, 0) is 6.42 Å². The first-order chi connectivity index (χ1) is 12.6. The van der Waals surface area contributed by atoms with Crippen LogP contribution in [0.5, 0.6) is 11.5 Å². The Morgan fingerprint density at radius 3 is 2.62 bits per heavy atom. The number of ether oxygens (including phenoxy) is 2. The largest absolute Gasteiger partial charge is 0.493 e. The van der Waals surface area contributed by atoms with Crippen molar-refractivity contribution in [2.45, 2.75) is 13.3 Å². The molecule has 0 atom stereocenters. The van der Waals surface area contributed by atoms with Gasteiger partial charge in [-0.15, -0.1) is 0 Å². The molecule has 2 aromatic rings. The molecule has 0 saturated heterocycles. The van der Waals surface area contributed by atoms with Crippen LogP contribution in [0.1, 0.15) is 12.5 Å². The van der Waals surface area contributed by atoms with Gasteiger partial charge in [0.05, 0.1) is 13.7 Å². The molecule has 140 valence electrons. The molecule has 0 bridgehead atoms. The lowest BCUT2D eigenvalue weighted by Gasteiger charge is -2.14. The highest BCUT2D eigenvalue weighted by Gasteiger charge is 2.08. The van der Waals surface area contributed by atoms with Crippen LogP contribution in [0.3, 0.4) is 0 Å². The highest BCUT2D eigenvalue weighted by atomic mass is 19.1. The average molecular weight is 363 g/mol. The Kier molecular flexibility index (Phi) is 7.20. The molecule has 0 heterocycles. The van der Waals surface area contributed by atoms with E-state index in [-0.39, 0.29) is 0 Å². The van der Waals surface area contributed by atoms with E-state index in [1.165, 1.54) is 6.07 Å². The van der Waals surface area contributed by atoms with Crippen LogP contribution in [0.2, 0.25) is 0 Å². The van der Waals surface area contributed by atoms with Gasteiger partial charge in [-0.2, -0.15) is 0 Å². The zero-order valence-electron chi connectivity index (χ0n) is 15.1. The predicted molar refractivity (Wildman–Crippen MR) is 99.2 cm³/mol. The lowest BCUT2D eigenvalue weighted by atomic mass is 10.1. The summed E-state index contributed by atoms with van der Waals surface area (Å²) in [5.74, 6) is 0.894. The first kappa shape index (κ1) is 19.5. The van der Waals surface area contributed by atoms with Crippen molar-refractivity contribution in [3.8, 4) is 11.5 Å². The zero-order chi connectivity index (χ0) is 18.9. The van der Waals surface area contributed by atoms with Crippen molar-refractivity contribution in [1.29, 1.82) is 0 Å². The third kappa shape index (κ3) is 5.34. The Hall–Kier alpha value is -2.83. The Morgan fingerprint density at radius 2 is 1.92 bits per heavy atom. The second-order valence-electron chi connectivity index (χ2n) is 5.41. The number of benzene rings is 2. The van der Waals surface area contributed by atoms with Crippen molar-refractivity contribution in [2.24, 2.45) is 4.99 Å². The zero-order valence-corrected chi connectivity index (χ0v) is 15.1. The van der Waals surface area contributed by atoms with Crippen molar-refractivity contribution in [1.82, 2.24) is 5.32 Å². The van der Waals surface area contributed by atoms with E-state index in [4.69, 9.17) is 9.47 Å². The summed E-state index contributed by atoms with van der Waals surface area (Å²) in [6, 6.07) is 8.87. The molecule has 0 radical (unpaired) electrons. The molecule has 5 nitrogen and oxygen atoms in total. The molecule has 0 saturated carbocycles. The molecule has 2 aromatic carbocycles. The lowest BCUT2D eigenvalue weighted by Crippen LogP contribution is -2.32. The Bertz CT molecular complexity index is 766. The number of halogens is 2. The van der Waals surface area contributed by atoms with E-state index >= 15 is 0 Å². The van der Waals surface area contributed by atoms with Crippen molar-refractivity contribution < 1.29 is 18.3 Å². The van der Waals surface area contributed by atoms with Gasteiger partial charge in [-0.05, 0) is 49.2 Å². The monoisotopic (exact) mass is 363 g/mol. The van der Waals surface area contributed by atoms with E-state index in [0.29, 0.717) is 42.6 Å². The van der Waals surface area contributed by atoms with Gasteiger partial charge in [0.25, 0.3) is 0 Å². The molecule has 0 aromatic heterocycles. The van der Waals surface area contributed by atoms with E-state index in [9.17, 15) is 8.78 Å². The highest BCUT2D eigenvalue weighted by molar-refractivity contribution is 5.93. The van der Waals surface area contributed by atoms with Crippen LogP contribution in [0, 0.1) is 11.6 Å². The van der Waals surface area contributed by atoms with Crippen LogP contribution in [0.25, 0.3) is 0 Å². The maximum Gasteiger partial charge on any atom is 0.195 e. The Labute approximate surface area is 152 Å². The van der Waals surface area contributed by atoms with E-state index in [0.717, 1.165) is 17.8 Å². The summed E-state index contributed by atoms with van der Waals surface area (Å²) in [5.41, 5.74) is 1.08. The van der Waals surface area contributed by atoms with Crippen molar-refractivity contribution >= 4 is 11.6 Å². The van der Waals surface area contributed by atoms with Gasteiger partial charge in [0.15, 0.2) is 17.5 Å². The fourth-order valence-electron chi connectivity index (χ4n) is 2.39. The molecule has 7 heteroatoms. The minimum atomic E-state index is -0.453. The maximum atomic E-state index is 13.6. The Balaban J connectivity index is 1.96. The molecule has 2 N–H and O–H groups in total. The molecular weight excluding hydrogens is 340 g/mol. The summed E-state index contributed by atoms with van der Waals surface area (Å²) in [7, 11) is 3.20. The smallest absolute Gasteiger partial charge is 0.195 e. The van der Waals surface area contributed by atoms with Gasteiger partial charge in [-0.25, -0.2) is 8.78 Å². The van der Waals surface area contributed by atoms with Gasteiger partial charge in [-0.1, -0.05) is 0 Å². The van der Waals surface area contributed by atoms with E-state index in [1.807, 2.05) is 13.0 Å². The number of rotatable bonds is 7. The van der Waals surface area contributed by atoms with Crippen molar-refractivity contribution in [3.05, 3.63) is 53.6 Å². The molecule has 2 rings (SSSR count).